The Morgan fingerprint density at radius 3 is 1.87 bits per heavy atom. The van der Waals surface area contributed by atoms with Crippen molar-refractivity contribution in [1.29, 1.82) is 0 Å². The molecule has 3 nitrogen and oxygen atoms in total. The predicted octanol–water partition coefficient (Wildman–Crippen LogP) is 11.4. The normalized spacial score (nSPS) is 13.0. The predicted molar refractivity (Wildman–Crippen MR) is 197 cm³/mol. The van der Waals surface area contributed by atoms with E-state index in [4.69, 9.17) is 15.0 Å². The van der Waals surface area contributed by atoms with Crippen LogP contribution in [0.3, 0.4) is 0 Å². The van der Waals surface area contributed by atoms with E-state index in [0.29, 0.717) is 17.5 Å². The average molecular weight is 600 g/mol. The highest BCUT2D eigenvalue weighted by molar-refractivity contribution is 6.14. The first-order valence-electron chi connectivity index (χ1n) is 16.0. The molecule has 0 fully saturated rings. The van der Waals surface area contributed by atoms with Crippen LogP contribution in [0.5, 0.6) is 0 Å². The second-order valence-electron chi connectivity index (χ2n) is 12.0. The maximum atomic E-state index is 5.17. The maximum Gasteiger partial charge on any atom is 0.164 e. The summed E-state index contributed by atoms with van der Waals surface area (Å²) < 4.78 is 0. The molecule has 0 radical (unpaired) electrons. The highest BCUT2D eigenvalue weighted by atomic mass is 15.0. The monoisotopic (exact) mass is 599 g/mol. The van der Waals surface area contributed by atoms with Gasteiger partial charge in [-0.1, -0.05) is 146 Å². The van der Waals surface area contributed by atoms with Crippen LogP contribution in [0.25, 0.3) is 82.6 Å². The van der Waals surface area contributed by atoms with Gasteiger partial charge in [-0.3, -0.25) is 0 Å². The summed E-state index contributed by atoms with van der Waals surface area (Å²) in [6, 6.07) is 47.6. The van der Waals surface area contributed by atoms with Crippen molar-refractivity contribution in [2.75, 3.05) is 0 Å². The van der Waals surface area contributed by atoms with E-state index >= 15 is 0 Å². The van der Waals surface area contributed by atoms with E-state index in [1.807, 2.05) is 24.3 Å². The smallest absolute Gasteiger partial charge is 0.164 e. The minimum atomic E-state index is 0.669. The van der Waals surface area contributed by atoms with Crippen molar-refractivity contribution >= 4 is 48.7 Å². The molecule has 1 aliphatic carbocycles. The van der Waals surface area contributed by atoms with Gasteiger partial charge in [0.05, 0.1) is 0 Å². The molecule has 0 amide bonds. The van der Waals surface area contributed by atoms with E-state index in [1.54, 1.807) is 0 Å². The highest BCUT2D eigenvalue weighted by Crippen LogP contribution is 2.38. The summed E-state index contributed by atoms with van der Waals surface area (Å²) in [5, 5.41) is 9.67. The van der Waals surface area contributed by atoms with Crippen LogP contribution in [0.1, 0.15) is 12.2 Å². The molecule has 8 aromatic rings. The summed E-state index contributed by atoms with van der Waals surface area (Å²) >= 11 is 0. The van der Waals surface area contributed by atoms with Crippen molar-refractivity contribution in [2.45, 2.75) is 6.42 Å². The standard InChI is InChI=1S/C44H29N3/c1-2-5-14-31(13-4-1)42-45-43(32-15-6-3-7-16-32)47-44(46-42)41-28-35-17-9-11-19-37(35)38-25-24-34(27-40(38)41)33-23-22-30-21-20-29-12-8-10-18-36(29)39(30)26-33/h1-13,15-28H,14H2. The molecule has 220 valence electrons. The van der Waals surface area contributed by atoms with Crippen LogP contribution in [-0.2, 0) is 0 Å². The number of hydrogen-bond acceptors (Lipinski definition) is 3. The maximum absolute atomic E-state index is 5.17. The van der Waals surface area contributed by atoms with Crippen molar-refractivity contribution in [3.8, 4) is 33.9 Å². The Morgan fingerprint density at radius 2 is 1.02 bits per heavy atom. The van der Waals surface area contributed by atoms with E-state index in [0.717, 1.165) is 39.5 Å². The van der Waals surface area contributed by atoms with Gasteiger partial charge in [0.2, 0.25) is 0 Å². The number of nitrogens with zero attached hydrogens (tertiary/aromatic N) is 3. The Morgan fingerprint density at radius 1 is 0.383 bits per heavy atom. The molecule has 7 aromatic carbocycles. The third-order valence-electron chi connectivity index (χ3n) is 9.13. The lowest BCUT2D eigenvalue weighted by Gasteiger charge is -2.14. The minimum Gasteiger partial charge on any atom is -0.209 e. The van der Waals surface area contributed by atoms with E-state index < -0.39 is 0 Å². The van der Waals surface area contributed by atoms with E-state index in [-0.39, 0.29) is 0 Å². The number of allylic oxidation sites excluding steroid dienone is 6. The van der Waals surface area contributed by atoms with Crippen LogP contribution in [-0.4, -0.2) is 15.0 Å². The molecule has 1 heterocycles. The summed E-state index contributed by atoms with van der Waals surface area (Å²) in [6.45, 7) is 0. The van der Waals surface area contributed by atoms with Crippen LogP contribution in [0.15, 0.2) is 164 Å². The fourth-order valence-corrected chi connectivity index (χ4v) is 6.75. The van der Waals surface area contributed by atoms with E-state index in [9.17, 15) is 0 Å². The zero-order chi connectivity index (χ0) is 31.2. The second kappa shape index (κ2) is 11.3. The van der Waals surface area contributed by atoms with Crippen LogP contribution >= 0.6 is 0 Å². The number of benzene rings is 7. The third kappa shape index (κ3) is 4.90. The fraction of sp³-hybridized carbons (Fsp3) is 0.0227. The van der Waals surface area contributed by atoms with Gasteiger partial charge >= 0.3 is 0 Å². The van der Waals surface area contributed by atoms with E-state index in [1.165, 1.54) is 37.9 Å². The summed E-state index contributed by atoms with van der Waals surface area (Å²) in [5.74, 6) is 2.04. The zero-order valence-electron chi connectivity index (χ0n) is 25.6. The van der Waals surface area contributed by atoms with Crippen molar-refractivity contribution in [3.05, 3.63) is 170 Å². The Labute approximate surface area is 272 Å². The van der Waals surface area contributed by atoms with Gasteiger partial charge in [-0.05, 0) is 78.8 Å². The quantitative estimate of drug-likeness (QED) is 0.189. The molecule has 0 atom stereocenters. The third-order valence-corrected chi connectivity index (χ3v) is 9.13. The molecule has 0 N–H and O–H groups in total. The largest absolute Gasteiger partial charge is 0.209 e. The molecule has 47 heavy (non-hydrogen) atoms. The first-order valence-corrected chi connectivity index (χ1v) is 16.0. The molecule has 0 saturated heterocycles. The van der Waals surface area contributed by atoms with Gasteiger partial charge in [0, 0.05) is 16.7 Å². The fourth-order valence-electron chi connectivity index (χ4n) is 6.75. The van der Waals surface area contributed by atoms with Crippen molar-refractivity contribution in [3.63, 3.8) is 0 Å². The Kier molecular flexibility index (Phi) is 6.53. The Bertz CT molecular complexity index is 2590. The summed E-state index contributed by atoms with van der Waals surface area (Å²) in [5.41, 5.74) is 5.35. The molecule has 3 heteroatoms. The molecule has 0 aliphatic heterocycles. The van der Waals surface area contributed by atoms with Crippen LogP contribution < -0.4 is 0 Å². The van der Waals surface area contributed by atoms with Gasteiger partial charge in [0.15, 0.2) is 17.5 Å². The van der Waals surface area contributed by atoms with Crippen LogP contribution in [0, 0.1) is 0 Å². The van der Waals surface area contributed by atoms with Crippen LogP contribution in [0.4, 0.5) is 0 Å². The molecule has 1 aromatic heterocycles. The molecule has 9 rings (SSSR count). The summed E-state index contributed by atoms with van der Waals surface area (Å²) in [4.78, 5) is 15.3. The number of fused-ring (bicyclic) bond motifs is 6. The summed E-state index contributed by atoms with van der Waals surface area (Å²) in [7, 11) is 0. The molecule has 0 saturated carbocycles. The Balaban J connectivity index is 1.30. The van der Waals surface area contributed by atoms with Gasteiger partial charge in [-0.25, -0.2) is 15.0 Å². The molecule has 0 spiro atoms. The average Bonchev–Trinajstić information content (AvgIpc) is 3.44. The van der Waals surface area contributed by atoms with Crippen molar-refractivity contribution in [1.82, 2.24) is 15.0 Å². The topological polar surface area (TPSA) is 38.7 Å². The van der Waals surface area contributed by atoms with Gasteiger partial charge in [0.25, 0.3) is 0 Å². The summed E-state index contributed by atoms with van der Waals surface area (Å²) in [6.07, 6.45) is 11.2. The van der Waals surface area contributed by atoms with Crippen molar-refractivity contribution < 1.29 is 0 Å². The van der Waals surface area contributed by atoms with Crippen molar-refractivity contribution in [2.24, 2.45) is 0 Å². The molecule has 0 bridgehead atoms. The lowest BCUT2D eigenvalue weighted by molar-refractivity contribution is 1.03. The molecular weight excluding hydrogens is 571 g/mol. The second-order valence-corrected chi connectivity index (χ2v) is 12.0. The highest BCUT2D eigenvalue weighted by Gasteiger charge is 2.17. The van der Waals surface area contributed by atoms with Gasteiger partial charge < -0.3 is 0 Å². The minimum absolute atomic E-state index is 0.669. The number of aromatic nitrogens is 3. The van der Waals surface area contributed by atoms with Gasteiger partial charge in [0.1, 0.15) is 0 Å². The Hall–Kier alpha value is -6.19. The zero-order valence-corrected chi connectivity index (χ0v) is 25.6. The van der Waals surface area contributed by atoms with E-state index in [2.05, 4.69) is 140 Å². The molecular formula is C44H29N3. The SMILES string of the molecule is C1=CC=C(c2nc(-c3ccccc3)nc(-c3cc4ccccc4c4ccc(-c5ccc6ccc7ccccc7c6c5)cc34)n2)CC=C1. The molecule has 0 unspecified atom stereocenters. The van der Waals surface area contributed by atoms with Gasteiger partial charge in [-0.15, -0.1) is 0 Å². The first kappa shape index (κ1) is 27.1. The first-order chi connectivity index (χ1) is 23.3. The number of hydrogen-bond donors (Lipinski definition) is 0. The lowest BCUT2D eigenvalue weighted by Crippen LogP contribution is -2.03. The number of rotatable bonds is 4. The molecule has 1 aliphatic rings. The van der Waals surface area contributed by atoms with Gasteiger partial charge in [-0.2, -0.15) is 0 Å². The van der Waals surface area contributed by atoms with Crippen LogP contribution in [0.2, 0.25) is 0 Å². The lowest BCUT2D eigenvalue weighted by atomic mass is 9.92.